The van der Waals surface area contributed by atoms with Crippen LogP contribution in [0.25, 0.3) is 0 Å². The zero-order chi connectivity index (χ0) is 15.4. The molecule has 2 aliphatic carbocycles. The van der Waals surface area contributed by atoms with Crippen molar-refractivity contribution in [2.24, 2.45) is 17.8 Å². The Labute approximate surface area is 125 Å². The van der Waals surface area contributed by atoms with Crippen molar-refractivity contribution in [3.63, 3.8) is 0 Å². The summed E-state index contributed by atoms with van der Waals surface area (Å²) in [5, 5.41) is 0. The van der Waals surface area contributed by atoms with E-state index in [1.165, 1.54) is 29.6 Å². The first kappa shape index (κ1) is 17.2. The molecule has 0 aromatic rings. The van der Waals surface area contributed by atoms with E-state index in [4.69, 9.17) is 0 Å². The third-order valence-corrected chi connectivity index (χ3v) is 5.01. The summed E-state index contributed by atoms with van der Waals surface area (Å²) in [7, 11) is 0. The highest BCUT2D eigenvalue weighted by molar-refractivity contribution is 5.97. The van der Waals surface area contributed by atoms with Crippen LogP contribution in [-0.2, 0) is 4.79 Å². The molecule has 0 saturated carbocycles. The molecule has 0 aromatic heterocycles. The zero-order valence-corrected chi connectivity index (χ0v) is 14.5. The molecule has 1 unspecified atom stereocenters. The summed E-state index contributed by atoms with van der Waals surface area (Å²) in [6, 6.07) is 0. The standard InChI is InChI=1S/C17H26O.C2H6/c1-6-13-16(18)9-15-12(5)11(4)7-8-14(15)17(13)10(2)3;1-2/h10,14-15H,6-9H2,1-5H3;1-2H3/t14?,15-;/m0./s1. The fraction of sp³-hybridized carbons (Fsp3) is 0.737. The van der Waals surface area contributed by atoms with E-state index in [0.717, 1.165) is 18.4 Å². The lowest BCUT2D eigenvalue weighted by Gasteiger charge is -2.41. The van der Waals surface area contributed by atoms with E-state index in [9.17, 15) is 4.79 Å². The number of ketones is 1. The quantitative estimate of drug-likeness (QED) is 0.590. The molecule has 1 nitrogen and oxygen atoms in total. The van der Waals surface area contributed by atoms with Gasteiger partial charge in [-0.1, -0.05) is 51.3 Å². The highest BCUT2D eigenvalue weighted by Gasteiger charge is 2.39. The van der Waals surface area contributed by atoms with Gasteiger partial charge >= 0.3 is 0 Å². The Balaban J connectivity index is 0.000000956. The normalized spacial score (nSPS) is 26.5. The van der Waals surface area contributed by atoms with Gasteiger partial charge in [-0.2, -0.15) is 0 Å². The molecule has 0 bridgehead atoms. The van der Waals surface area contributed by atoms with Crippen molar-refractivity contribution in [2.45, 2.75) is 74.1 Å². The van der Waals surface area contributed by atoms with Crippen molar-refractivity contribution >= 4 is 5.78 Å². The molecule has 0 aromatic carbocycles. The van der Waals surface area contributed by atoms with Crippen LogP contribution in [0.15, 0.2) is 22.3 Å². The zero-order valence-electron chi connectivity index (χ0n) is 14.5. The highest BCUT2D eigenvalue weighted by Crippen LogP contribution is 2.47. The van der Waals surface area contributed by atoms with Gasteiger partial charge in [-0.3, -0.25) is 4.79 Å². The lowest BCUT2D eigenvalue weighted by Crippen LogP contribution is -2.33. The molecule has 0 fully saturated rings. The Morgan fingerprint density at radius 3 is 2.25 bits per heavy atom. The molecule has 114 valence electrons. The Kier molecular flexibility index (Phi) is 6.23. The summed E-state index contributed by atoms with van der Waals surface area (Å²) in [6.07, 6.45) is 4.14. The molecule has 0 amide bonds. The molecular weight excluding hydrogens is 244 g/mol. The largest absolute Gasteiger partial charge is 0.295 e. The van der Waals surface area contributed by atoms with Crippen LogP contribution in [0.2, 0.25) is 0 Å². The van der Waals surface area contributed by atoms with Crippen molar-refractivity contribution < 1.29 is 4.79 Å². The minimum Gasteiger partial charge on any atom is -0.295 e. The lowest BCUT2D eigenvalue weighted by atomic mass is 9.63. The predicted molar refractivity (Wildman–Crippen MR) is 87.7 cm³/mol. The van der Waals surface area contributed by atoms with Crippen LogP contribution >= 0.6 is 0 Å². The van der Waals surface area contributed by atoms with E-state index in [-0.39, 0.29) is 0 Å². The van der Waals surface area contributed by atoms with Gasteiger partial charge in [0, 0.05) is 6.42 Å². The predicted octanol–water partition coefficient (Wildman–Crippen LogP) is 5.71. The van der Waals surface area contributed by atoms with E-state index >= 15 is 0 Å². The SMILES string of the molecule is CC.CCC1=C(C(C)C)C2CCC(C)=C(C)[C@@H]2CC1=O. The van der Waals surface area contributed by atoms with Gasteiger partial charge in [-0.25, -0.2) is 0 Å². The summed E-state index contributed by atoms with van der Waals surface area (Å²) >= 11 is 0. The molecule has 0 radical (unpaired) electrons. The van der Waals surface area contributed by atoms with Crippen molar-refractivity contribution in [1.29, 1.82) is 0 Å². The van der Waals surface area contributed by atoms with Crippen LogP contribution < -0.4 is 0 Å². The van der Waals surface area contributed by atoms with Gasteiger partial charge in [0.15, 0.2) is 5.78 Å². The number of hydrogen-bond acceptors (Lipinski definition) is 1. The van der Waals surface area contributed by atoms with Gasteiger partial charge < -0.3 is 0 Å². The molecule has 0 N–H and O–H groups in total. The van der Waals surface area contributed by atoms with Crippen molar-refractivity contribution in [3.05, 3.63) is 22.3 Å². The monoisotopic (exact) mass is 276 g/mol. The Bertz CT molecular complexity index is 423. The molecule has 2 atom stereocenters. The Morgan fingerprint density at radius 1 is 1.15 bits per heavy atom. The summed E-state index contributed by atoms with van der Waals surface area (Å²) in [4.78, 5) is 12.4. The first-order valence-electron chi connectivity index (χ1n) is 8.39. The number of fused-ring (bicyclic) bond motifs is 1. The first-order valence-corrected chi connectivity index (χ1v) is 8.39. The average molecular weight is 276 g/mol. The van der Waals surface area contributed by atoms with Crippen LogP contribution in [0.5, 0.6) is 0 Å². The molecule has 0 heterocycles. The van der Waals surface area contributed by atoms with Crippen molar-refractivity contribution in [2.75, 3.05) is 0 Å². The average Bonchev–Trinajstić information content (AvgIpc) is 2.44. The second kappa shape index (κ2) is 7.24. The molecule has 0 aliphatic heterocycles. The van der Waals surface area contributed by atoms with Gasteiger partial charge in [-0.15, -0.1) is 0 Å². The molecule has 0 saturated heterocycles. The minimum absolute atomic E-state index is 0.413. The fourth-order valence-electron chi connectivity index (χ4n) is 3.94. The second-order valence-electron chi connectivity index (χ2n) is 6.28. The number of hydrogen-bond donors (Lipinski definition) is 0. The Morgan fingerprint density at radius 2 is 1.75 bits per heavy atom. The topological polar surface area (TPSA) is 17.1 Å². The summed E-state index contributed by atoms with van der Waals surface area (Å²) in [5.41, 5.74) is 5.64. The van der Waals surface area contributed by atoms with Crippen LogP contribution in [0.3, 0.4) is 0 Å². The van der Waals surface area contributed by atoms with Crippen molar-refractivity contribution in [3.8, 4) is 0 Å². The van der Waals surface area contributed by atoms with E-state index in [1.54, 1.807) is 0 Å². The maximum absolute atomic E-state index is 12.4. The van der Waals surface area contributed by atoms with Gasteiger partial charge in [0.05, 0.1) is 0 Å². The first-order chi connectivity index (χ1) is 9.47. The molecule has 2 rings (SSSR count). The molecule has 20 heavy (non-hydrogen) atoms. The number of Topliss-reactive ketones (excluding diaryl/α,β-unsaturated/α-hetero) is 1. The third kappa shape index (κ3) is 3.07. The smallest absolute Gasteiger partial charge is 0.159 e. The summed E-state index contributed by atoms with van der Waals surface area (Å²) < 4.78 is 0. The van der Waals surface area contributed by atoms with E-state index < -0.39 is 0 Å². The lowest BCUT2D eigenvalue weighted by molar-refractivity contribution is -0.117. The van der Waals surface area contributed by atoms with Crippen LogP contribution in [0.1, 0.15) is 74.1 Å². The van der Waals surface area contributed by atoms with E-state index in [2.05, 4.69) is 34.6 Å². The number of rotatable bonds is 2. The van der Waals surface area contributed by atoms with E-state index in [1.807, 2.05) is 13.8 Å². The molecule has 1 heteroatoms. The van der Waals surface area contributed by atoms with Gasteiger partial charge in [0.1, 0.15) is 0 Å². The molecule has 2 aliphatic rings. The van der Waals surface area contributed by atoms with Gasteiger partial charge in [-0.05, 0) is 56.4 Å². The fourth-order valence-corrected chi connectivity index (χ4v) is 3.94. The third-order valence-electron chi connectivity index (χ3n) is 5.01. The minimum atomic E-state index is 0.413. The van der Waals surface area contributed by atoms with Crippen LogP contribution in [-0.4, -0.2) is 5.78 Å². The number of carbonyl (C=O) groups is 1. The number of carbonyl (C=O) groups excluding carboxylic acids is 1. The Hall–Kier alpha value is -0.850. The summed E-state index contributed by atoms with van der Waals surface area (Å²) in [6.45, 7) is 15.1. The second-order valence-corrected chi connectivity index (χ2v) is 6.28. The number of allylic oxidation sites excluding steroid dienone is 4. The molecule has 0 spiro atoms. The molecular formula is C19H32O. The van der Waals surface area contributed by atoms with Crippen molar-refractivity contribution in [1.82, 2.24) is 0 Å². The maximum Gasteiger partial charge on any atom is 0.159 e. The van der Waals surface area contributed by atoms with E-state index in [0.29, 0.717) is 23.5 Å². The summed E-state index contributed by atoms with van der Waals surface area (Å²) in [5.74, 6) is 2.07. The van der Waals surface area contributed by atoms with Crippen LogP contribution in [0.4, 0.5) is 0 Å². The van der Waals surface area contributed by atoms with Gasteiger partial charge in [0.25, 0.3) is 0 Å². The maximum atomic E-state index is 12.4. The van der Waals surface area contributed by atoms with Crippen LogP contribution in [0, 0.1) is 17.8 Å². The van der Waals surface area contributed by atoms with Gasteiger partial charge in [0.2, 0.25) is 0 Å². The highest BCUT2D eigenvalue weighted by atomic mass is 16.1.